The Kier molecular flexibility index (Phi) is 4.86. The largest absolute Gasteiger partial charge is 0.466 e. The van der Waals surface area contributed by atoms with E-state index in [1.165, 1.54) is 5.57 Å². The van der Waals surface area contributed by atoms with Gasteiger partial charge in [0.15, 0.2) is 5.79 Å². The van der Waals surface area contributed by atoms with E-state index in [1.54, 1.807) is 0 Å². The molecule has 1 aliphatic carbocycles. The molecule has 4 nitrogen and oxygen atoms in total. The zero-order chi connectivity index (χ0) is 14.6. The molecule has 0 aromatic heterocycles. The average Bonchev–Trinajstić information content (AvgIpc) is 2.87. The van der Waals surface area contributed by atoms with Crippen LogP contribution in [0.1, 0.15) is 52.9 Å². The first-order valence-corrected chi connectivity index (χ1v) is 7.60. The van der Waals surface area contributed by atoms with Crippen LogP contribution in [-0.4, -0.2) is 31.6 Å². The van der Waals surface area contributed by atoms with Crippen molar-refractivity contribution < 1.29 is 19.0 Å². The molecule has 2 rings (SSSR count). The van der Waals surface area contributed by atoms with Crippen LogP contribution in [0.3, 0.4) is 0 Å². The molecule has 0 aromatic rings. The molecule has 1 heterocycles. The van der Waals surface area contributed by atoms with Gasteiger partial charge < -0.3 is 14.2 Å². The fraction of sp³-hybridized carbons (Fsp3) is 0.812. The molecule has 4 heteroatoms. The van der Waals surface area contributed by atoms with E-state index in [0.717, 1.165) is 32.1 Å². The van der Waals surface area contributed by atoms with Gasteiger partial charge in [-0.3, -0.25) is 4.79 Å². The van der Waals surface area contributed by atoms with Crippen molar-refractivity contribution in [3.63, 3.8) is 0 Å². The van der Waals surface area contributed by atoms with Gasteiger partial charge in [-0.05, 0) is 40.0 Å². The third-order valence-corrected chi connectivity index (χ3v) is 4.39. The second kappa shape index (κ2) is 6.27. The topological polar surface area (TPSA) is 44.8 Å². The first kappa shape index (κ1) is 15.5. The lowest BCUT2D eigenvalue weighted by Gasteiger charge is -2.41. The quantitative estimate of drug-likeness (QED) is 0.586. The third-order valence-electron chi connectivity index (χ3n) is 4.39. The highest BCUT2D eigenvalue weighted by atomic mass is 16.7. The summed E-state index contributed by atoms with van der Waals surface area (Å²) in [5.41, 5.74) is 0.843. The van der Waals surface area contributed by atoms with Crippen molar-refractivity contribution in [2.45, 2.75) is 58.7 Å². The highest BCUT2D eigenvalue weighted by molar-refractivity contribution is 5.77. The van der Waals surface area contributed by atoms with Gasteiger partial charge in [-0.2, -0.15) is 0 Å². The zero-order valence-electron chi connectivity index (χ0n) is 12.9. The maximum atomic E-state index is 12.4. The minimum absolute atomic E-state index is 0.0645. The van der Waals surface area contributed by atoms with Crippen LogP contribution in [0.4, 0.5) is 0 Å². The van der Waals surface area contributed by atoms with E-state index in [2.05, 4.69) is 19.9 Å². The molecule has 1 aliphatic heterocycles. The van der Waals surface area contributed by atoms with Gasteiger partial charge in [0.1, 0.15) is 0 Å². The van der Waals surface area contributed by atoms with Gasteiger partial charge in [-0.25, -0.2) is 0 Å². The fourth-order valence-electron chi connectivity index (χ4n) is 3.07. The number of hydrogen-bond acceptors (Lipinski definition) is 4. The van der Waals surface area contributed by atoms with Crippen molar-refractivity contribution in [3.8, 4) is 0 Å². The van der Waals surface area contributed by atoms with Crippen LogP contribution >= 0.6 is 0 Å². The molecular formula is C16H26O4. The maximum Gasteiger partial charge on any atom is 0.312 e. The van der Waals surface area contributed by atoms with E-state index >= 15 is 0 Å². The van der Waals surface area contributed by atoms with Crippen molar-refractivity contribution in [1.29, 1.82) is 0 Å². The Morgan fingerprint density at radius 3 is 2.25 bits per heavy atom. The Balaban J connectivity index is 2.08. The van der Waals surface area contributed by atoms with Gasteiger partial charge in [0.25, 0.3) is 0 Å². The number of allylic oxidation sites excluding steroid dienone is 2. The maximum absolute atomic E-state index is 12.4. The summed E-state index contributed by atoms with van der Waals surface area (Å²) in [7, 11) is 0. The molecule has 0 bridgehead atoms. The van der Waals surface area contributed by atoms with Gasteiger partial charge in [0.05, 0.1) is 25.2 Å². The highest BCUT2D eigenvalue weighted by Gasteiger charge is 2.49. The van der Waals surface area contributed by atoms with E-state index in [4.69, 9.17) is 14.2 Å². The summed E-state index contributed by atoms with van der Waals surface area (Å²) in [5.74, 6) is -0.494. The lowest BCUT2D eigenvalue weighted by atomic mass is 9.69. The molecule has 0 radical (unpaired) electrons. The Morgan fingerprint density at radius 1 is 1.15 bits per heavy atom. The fourth-order valence-corrected chi connectivity index (χ4v) is 3.07. The minimum atomic E-state index is -0.430. The summed E-state index contributed by atoms with van der Waals surface area (Å²) >= 11 is 0. The van der Waals surface area contributed by atoms with Gasteiger partial charge in [-0.1, -0.05) is 11.6 Å². The highest BCUT2D eigenvalue weighted by Crippen LogP contribution is 2.47. The van der Waals surface area contributed by atoms with E-state index in [9.17, 15) is 4.79 Å². The summed E-state index contributed by atoms with van der Waals surface area (Å²) in [6.07, 6.45) is 6.01. The Bertz CT molecular complexity index is 366. The minimum Gasteiger partial charge on any atom is -0.466 e. The van der Waals surface area contributed by atoms with E-state index in [1.807, 2.05) is 6.92 Å². The van der Waals surface area contributed by atoms with Crippen molar-refractivity contribution in [1.82, 2.24) is 0 Å². The number of ether oxygens (including phenoxy) is 3. The van der Waals surface area contributed by atoms with Gasteiger partial charge in [0, 0.05) is 12.8 Å². The Labute approximate surface area is 121 Å². The standard InChI is InChI=1S/C16H26O4/c1-4-18-14(17)15(6-5-13(2)3)7-9-16(10-8-15)19-11-12-20-16/h5H,4,6-12H2,1-3H3. The molecule has 114 valence electrons. The van der Waals surface area contributed by atoms with Crippen LogP contribution in [0, 0.1) is 5.41 Å². The second-order valence-electron chi connectivity index (χ2n) is 6.09. The molecule has 0 N–H and O–H groups in total. The molecular weight excluding hydrogens is 256 g/mol. The van der Waals surface area contributed by atoms with Crippen molar-refractivity contribution >= 4 is 5.97 Å². The molecule has 0 unspecified atom stereocenters. The smallest absolute Gasteiger partial charge is 0.312 e. The number of carbonyl (C=O) groups excluding carboxylic acids is 1. The molecule has 1 saturated carbocycles. The second-order valence-corrected chi connectivity index (χ2v) is 6.09. The molecule has 0 atom stereocenters. The summed E-state index contributed by atoms with van der Waals surface area (Å²) in [4.78, 5) is 12.4. The molecule has 20 heavy (non-hydrogen) atoms. The van der Waals surface area contributed by atoms with Gasteiger partial charge in [0.2, 0.25) is 0 Å². The van der Waals surface area contributed by atoms with Gasteiger partial charge >= 0.3 is 5.97 Å². The Morgan fingerprint density at radius 2 is 1.75 bits per heavy atom. The monoisotopic (exact) mass is 282 g/mol. The van der Waals surface area contributed by atoms with Crippen molar-refractivity contribution in [2.75, 3.05) is 19.8 Å². The van der Waals surface area contributed by atoms with Crippen LogP contribution in [0.5, 0.6) is 0 Å². The molecule has 2 aliphatic rings. The Hall–Kier alpha value is -0.870. The van der Waals surface area contributed by atoms with Crippen molar-refractivity contribution in [3.05, 3.63) is 11.6 Å². The molecule has 2 fully saturated rings. The number of hydrogen-bond donors (Lipinski definition) is 0. The van der Waals surface area contributed by atoms with E-state index in [0.29, 0.717) is 19.8 Å². The summed E-state index contributed by atoms with van der Waals surface area (Å²) < 4.78 is 16.8. The zero-order valence-corrected chi connectivity index (χ0v) is 12.9. The normalized spacial score (nSPS) is 23.6. The van der Waals surface area contributed by atoms with E-state index < -0.39 is 11.2 Å². The first-order chi connectivity index (χ1) is 9.52. The van der Waals surface area contributed by atoms with Gasteiger partial charge in [-0.15, -0.1) is 0 Å². The molecule has 1 spiro atoms. The summed E-state index contributed by atoms with van der Waals surface area (Å²) in [6, 6.07) is 0. The summed E-state index contributed by atoms with van der Waals surface area (Å²) in [6.45, 7) is 7.76. The number of rotatable bonds is 4. The van der Waals surface area contributed by atoms with Crippen LogP contribution in [0.15, 0.2) is 11.6 Å². The van der Waals surface area contributed by atoms with Crippen LogP contribution in [-0.2, 0) is 19.0 Å². The third kappa shape index (κ3) is 3.23. The van der Waals surface area contributed by atoms with E-state index in [-0.39, 0.29) is 5.97 Å². The first-order valence-electron chi connectivity index (χ1n) is 7.60. The average molecular weight is 282 g/mol. The number of esters is 1. The predicted molar refractivity (Wildman–Crippen MR) is 76.2 cm³/mol. The predicted octanol–water partition coefficient (Wildman–Crippen LogP) is 3.21. The van der Waals surface area contributed by atoms with Crippen molar-refractivity contribution in [2.24, 2.45) is 5.41 Å². The van der Waals surface area contributed by atoms with Crippen LogP contribution in [0.2, 0.25) is 0 Å². The molecule has 0 aromatic carbocycles. The SMILES string of the molecule is CCOC(=O)C1(CC=C(C)C)CCC2(CC1)OCCO2. The summed E-state index contributed by atoms with van der Waals surface area (Å²) in [5, 5.41) is 0. The molecule has 0 amide bonds. The van der Waals surface area contributed by atoms with Crippen LogP contribution < -0.4 is 0 Å². The lowest BCUT2D eigenvalue weighted by Crippen LogP contribution is -2.44. The molecule has 1 saturated heterocycles. The number of carbonyl (C=O) groups is 1. The lowest BCUT2D eigenvalue weighted by molar-refractivity contribution is -0.199. The van der Waals surface area contributed by atoms with Crippen LogP contribution in [0.25, 0.3) is 0 Å².